The van der Waals surface area contributed by atoms with Gasteiger partial charge in [0, 0.05) is 23.6 Å². The van der Waals surface area contributed by atoms with E-state index in [-0.39, 0.29) is 30.9 Å². The number of benzene rings is 2. The van der Waals surface area contributed by atoms with Crippen molar-refractivity contribution in [1.82, 2.24) is 16.0 Å². The van der Waals surface area contributed by atoms with Gasteiger partial charge in [0.25, 0.3) is 0 Å². The lowest BCUT2D eigenvalue weighted by Crippen LogP contribution is -2.50. The zero-order valence-corrected chi connectivity index (χ0v) is 38.3. The summed E-state index contributed by atoms with van der Waals surface area (Å²) >= 11 is 0. The number of nitrogens with zero attached hydrogens (tertiary/aromatic N) is 1. The number of aliphatic imine (C=N–C) groups is 1. The van der Waals surface area contributed by atoms with Crippen molar-refractivity contribution in [2.45, 2.75) is 131 Å². The van der Waals surface area contributed by atoms with Crippen LogP contribution in [0.25, 0.3) is 5.76 Å². The van der Waals surface area contributed by atoms with Crippen LogP contribution in [-0.2, 0) is 38.2 Å². The number of hydrogen-bond donors (Lipinski definition) is 3. The summed E-state index contributed by atoms with van der Waals surface area (Å²) in [7, 11) is 2.85. The van der Waals surface area contributed by atoms with Crippen molar-refractivity contribution in [3.05, 3.63) is 77.4 Å². The Balaban J connectivity index is 0.00000414. The number of amides is 3. The maximum absolute atomic E-state index is 14.1. The molecule has 0 radical (unpaired) electrons. The highest BCUT2D eigenvalue weighted by Gasteiger charge is 2.33. The van der Waals surface area contributed by atoms with E-state index >= 15 is 0 Å². The van der Waals surface area contributed by atoms with Gasteiger partial charge >= 0.3 is 11.9 Å². The third-order valence-corrected chi connectivity index (χ3v) is 9.67. The van der Waals surface area contributed by atoms with Gasteiger partial charge in [-0.3, -0.25) is 19.4 Å². The lowest BCUT2D eigenvalue weighted by atomic mass is 9.93. The first-order valence-electron chi connectivity index (χ1n) is 21.6. The van der Waals surface area contributed by atoms with Crippen molar-refractivity contribution in [3.8, 4) is 5.75 Å². The number of rotatable bonds is 21. The first-order chi connectivity index (χ1) is 29.1. The van der Waals surface area contributed by atoms with E-state index in [0.29, 0.717) is 30.0 Å². The predicted octanol–water partition coefficient (Wildman–Crippen LogP) is 8.17. The summed E-state index contributed by atoms with van der Waals surface area (Å²) in [6.07, 6.45) is 9.04. The Morgan fingerprint density at radius 1 is 0.902 bits per heavy atom. The van der Waals surface area contributed by atoms with Crippen molar-refractivity contribution in [3.63, 3.8) is 0 Å². The number of ether oxygens (including phenoxy) is 4. The van der Waals surface area contributed by atoms with Gasteiger partial charge in [0.15, 0.2) is 0 Å². The Morgan fingerprint density at radius 2 is 1.59 bits per heavy atom. The standard InChI is InChI=1S/C45H62N4O9.C3H8/c1-10-13-15-18-29(4)40(44(54)56-9)49-39(50)28-46-41(51)32(11-2)33(42(52)48-35(12-3)43(53)58-45(5,6)7)25-26-57-38-24-23-36(30-19-16-14-17-20-30)47-37-27-31(55-8)21-22-34(37)38;1-3-2/h11,14,16-17,19-22,24,27,29,33,35,40H,10,12-13,15,18,23,25-26,28H2,1-9H3,(H,46,51)(H,48,52)(H,49,50);3H2,1-2H3/b32-11+;/t29?,33?,35-,40?;/m0./s1. The summed E-state index contributed by atoms with van der Waals surface area (Å²) in [5.74, 6) is -3.13. The molecule has 2 aromatic carbocycles. The highest BCUT2D eigenvalue weighted by molar-refractivity contribution is 6.05. The fourth-order valence-electron chi connectivity index (χ4n) is 6.49. The van der Waals surface area contributed by atoms with E-state index < -0.39 is 59.8 Å². The minimum atomic E-state index is -1.09. The highest BCUT2D eigenvalue weighted by Crippen LogP contribution is 2.35. The molecule has 0 spiro atoms. The average Bonchev–Trinajstić information content (AvgIpc) is 3.42. The van der Waals surface area contributed by atoms with E-state index in [1.807, 2.05) is 61.5 Å². The number of unbranched alkanes of at least 4 members (excludes halogenated alkanes) is 2. The third-order valence-electron chi connectivity index (χ3n) is 9.67. The number of allylic oxidation sites excluding steroid dienone is 2. The summed E-state index contributed by atoms with van der Waals surface area (Å²) in [4.78, 5) is 71.6. The number of hydrogen-bond acceptors (Lipinski definition) is 10. The van der Waals surface area contributed by atoms with Gasteiger partial charge in [-0.05, 0) is 76.6 Å². The molecule has 61 heavy (non-hydrogen) atoms. The molecule has 3 rings (SSSR count). The molecule has 0 aliphatic carbocycles. The number of esters is 2. The average molecular weight is 847 g/mol. The van der Waals surface area contributed by atoms with Gasteiger partial charge < -0.3 is 34.9 Å². The van der Waals surface area contributed by atoms with Crippen LogP contribution < -0.4 is 20.7 Å². The molecule has 1 aliphatic heterocycles. The van der Waals surface area contributed by atoms with E-state index in [4.69, 9.17) is 23.9 Å². The van der Waals surface area contributed by atoms with E-state index in [0.717, 1.165) is 36.1 Å². The smallest absolute Gasteiger partial charge is 0.329 e. The first kappa shape index (κ1) is 51.7. The van der Waals surface area contributed by atoms with Crippen LogP contribution in [-0.4, -0.2) is 80.4 Å². The third kappa shape index (κ3) is 17.2. The molecule has 3 N–H and O–H groups in total. The van der Waals surface area contributed by atoms with Gasteiger partial charge in [-0.15, -0.1) is 0 Å². The van der Waals surface area contributed by atoms with Crippen LogP contribution in [0.3, 0.4) is 0 Å². The summed E-state index contributed by atoms with van der Waals surface area (Å²) in [6, 6.07) is 13.5. The molecule has 0 fully saturated rings. The van der Waals surface area contributed by atoms with Crippen LogP contribution >= 0.6 is 0 Å². The molecular formula is C48H70N4O9. The summed E-state index contributed by atoms with van der Waals surface area (Å²) in [5.41, 5.74) is 2.45. The van der Waals surface area contributed by atoms with Gasteiger partial charge in [-0.25, -0.2) is 9.59 Å². The molecule has 4 atom stereocenters. The van der Waals surface area contributed by atoms with E-state index in [1.54, 1.807) is 41.7 Å². The minimum Gasteiger partial charge on any atom is -0.497 e. The topological polar surface area (TPSA) is 171 Å². The fourth-order valence-corrected chi connectivity index (χ4v) is 6.49. The number of fused-ring (bicyclic) bond motifs is 1. The molecule has 0 bridgehead atoms. The van der Waals surface area contributed by atoms with E-state index in [1.165, 1.54) is 19.6 Å². The lowest BCUT2D eigenvalue weighted by molar-refractivity contribution is -0.159. The Bertz CT molecular complexity index is 1830. The van der Waals surface area contributed by atoms with Gasteiger partial charge in [0.05, 0.1) is 44.7 Å². The number of carbonyl (C=O) groups excluding carboxylic acids is 5. The zero-order valence-electron chi connectivity index (χ0n) is 38.3. The Labute approximate surface area is 363 Å². The molecule has 3 unspecified atom stereocenters. The quantitative estimate of drug-likeness (QED) is 0.0637. The Kier molecular flexibility index (Phi) is 22.6. The van der Waals surface area contributed by atoms with Crippen LogP contribution in [0.15, 0.2) is 71.2 Å². The molecule has 2 aromatic rings. The summed E-state index contributed by atoms with van der Waals surface area (Å²) in [6.45, 7) is 16.3. The number of nitrogens with one attached hydrogen (secondary N) is 3. The molecule has 0 saturated carbocycles. The molecule has 0 saturated heterocycles. The lowest BCUT2D eigenvalue weighted by Gasteiger charge is -2.26. The first-order valence-corrected chi connectivity index (χ1v) is 21.6. The molecule has 336 valence electrons. The van der Waals surface area contributed by atoms with Gasteiger partial charge in [0.1, 0.15) is 29.2 Å². The predicted molar refractivity (Wildman–Crippen MR) is 240 cm³/mol. The van der Waals surface area contributed by atoms with Gasteiger partial charge in [-0.2, -0.15) is 0 Å². The van der Waals surface area contributed by atoms with Crippen molar-refractivity contribution in [2.24, 2.45) is 16.8 Å². The maximum atomic E-state index is 14.1. The minimum absolute atomic E-state index is 0.00111. The largest absolute Gasteiger partial charge is 0.497 e. The normalized spacial score (nSPS) is 14.4. The molecular weight excluding hydrogens is 777 g/mol. The van der Waals surface area contributed by atoms with E-state index in [9.17, 15) is 24.0 Å². The Morgan fingerprint density at radius 3 is 2.18 bits per heavy atom. The van der Waals surface area contributed by atoms with Crippen molar-refractivity contribution in [2.75, 3.05) is 27.4 Å². The van der Waals surface area contributed by atoms with Crippen LogP contribution in [0.4, 0.5) is 5.69 Å². The Hall–Kier alpha value is -5.46. The summed E-state index contributed by atoms with van der Waals surface area (Å²) in [5, 5.41) is 8.11. The zero-order chi connectivity index (χ0) is 45.5. The molecule has 13 heteroatoms. The highest BCUT2D eigenvalue weighted by atomic mass is 16.6. The van der Waals surface area contributed by atoms with Gasteiger partial charge in [0.2, 0.25) is 17.7 Å². The second-order valence-electron chi connectivity index (χ2n) is 15.9. The van der Waals surface area contributed by atoms with Crippen LogP contribution in [0.5, 0.6) is 5.75 Å². The van der Waals surface area contributed by atoms with E-state index in [2.05, 4.69) is 36.7 Å². The van der Waals surface area contributed by atoms with Crippen LogP contribution in [0.1, 0.15) is 125 Å². The van der Waals surface area contributed by atoms with Crippen molar-refractivity contribution in [1.29, 1.82) is 0 Å². The molecule has 3 amide bonds. The summed E-state index contributed by atoms with van der Waals surface area (Å²) < 4.78 is 22.4. The molecule has 13 nitrogen and oxygen atoms in total. The van der Waals surface area contributed by atoms with Gasteiger partial charge in [-0.1, -0.05) is 96.7 Å². The fraction of sp³-hybridized carbons (Fsp3) is 0.542. The number of carbonyl (C=O) groups is 5. The van der Waals surface area contributed by atoms with Crippen LogP contribution in [0, 0.1) is 11.8 Å². The monoisotopic (exact) mass is 847 g/mol. The SMILES string of the molecule is C/C=C(/C(=O)NCC(=O)NC(C(=O)OC)C(C)CCCCC)C(CCOC1=CCC(c2ccccc2)=Nc2cc(OC)ccc21)C(=O)N[C@@H](CC)C(=O)OC(C)(C)C.CCC. The second-order valence-corrected chi connectivity index (χ2v) is 15.9. The molecule has 1 aliphatic rings. The molecule has 1 heterocycles. The molecule has 0 aromatic heterocycles. The number of methoxy groups -OCH3 is 2. The van der Waals surface area contributed by atoms with Crippen molar-refractivity contribution < 1.29 is 42.9 Å². The van der Waals surface area contributed by atoms with Crippen molar-refractivity contribution >= 4 is 46.8 Å². The maximum Gasteiger partial charge on any atom is 0.329 e. The second kappa shape index (κ2) is 26.7. The van der Waals surface area contributed by atoms with Crippen LogP contribution in [0.2, 0.25) is 0 Å².